The van der Waals surface area contributed by atoms with Crippen LogP contribution in [0.3, 0.4) is 0 Å². The Labute approximate surface area is 96.6 Å². The fraction of sp³-hybridized carbons (Fsp3) is 0.909. The van der Waals surface area contributed by atoms with Crippen molar-refractivity contribution in [2.45, 2.75) is 32.5 Å². The van der Waals surface area contributed by atoms with Crippen LogP contribution in [-0.2, 0) is 14.2 Å². The molecule has 0 bridgehead atoms. The number of ether oxygens (including phenoxy) is 3. The fourth-order valence-corrected chi connectivity index (χ4v) is 1.50. The maximum atomic E-state index is 11.8. The Bertz CT molecular complexity index is 235. The lowest BCUT2D eigenvalue weighted by Crippen LogP contribution is -2.48. The number of amides is 1. The highest BCUT2D eigenvalue weighted by atomic mass is 16.6. The van der Waals surface area contributed by atoms with Crippen LogP contribution in [0.1, 0.15) is 20.8 Å². The summed E-state index contributed by atoms with van der Waals surface area (Å²) >= 11 is 0. The van der Waals surface area contributed by atoms with E-state index in [1.807, 2.05) is 20.8 Å². The molecule has 16 heavy (non-hydrogen) atoms. The first kappa shape index (κ1) is 13.3. The highest BCUT2D eigenvalue weighted by Gasteiger charge is 2.27. The van der Waals surface area contributed by atoms with Crippen molar-refractivity contribution >= 4 is 6.09 Å². The predicted molar refractivity (Wildman–Crippen MR) is 59.4 cm³/mol. The number of morpholine rings is 1. The van der Waals surface area contributed by atoms with Gasteiger partial charge in [-0.1, -0.05) is 0 Å². The van der Waals surface area contributed by atoms with Gasteiger partial charge in [0, 0.05) is 13.7 Å². The zero-order valence-electron chi connectivity index (χ0n) is 10.5. The van der Waals surface area contributed by atoms with Gasteiger partial charge < -0.3 is 19.1 Å². The third-order valence-electron chi connectivity index (χ3n) is 2.14. The zero-order chi connectivity index (χ0) is 12.2. The molecule has 0 spiro atoms. The van der Waals surface area contributed by atoms with Gasteiger partial charge in [0.15, 0.2) is 0 Å². The van der Waals surface area contributed by atoms with E-state index in [0.717, 1.165) is 0 Å². The average Bonchev–Trinajstić information content (AvgIpc) is 2.16. The summed E-state index contributed by atoms with van der Waals surface area (Å²) in [7, 11) is 1.62. The lowest BCUT2D eigenvalue weighted by atomic mass is 10.2. The highest BCUT2D eigenvalue weighted by Crippen LogP contribution is 2.13. The van der Waals surface area contributed by atoms with Crippen LogP contribution in [0.2, 0.25) is 0 Å². The first-order valence-electron chi connectivity index (χ1n) is 5.51. The van der Waals surface area contributed by atoms with Gasteiger partial charge in [-0.3, -0.25) is 0 Å². The van der Waals surface area contributed by atoms with E-state index in [1.165, 1.54) is 0 Å². The van der Waals surface area contributed by atoms with Crippen molar-refractivity contribution in [3.63, 3.8) is 0 Å². The second-order valence-electron chi connectivity index (χ2n) is 4.87. The predicted octanol–water partition coefficient (Wildman–Crippen LogP) is 1.27. The van der Waals surface area contributed by atoms with Gasteiger partial charge in [-0.15, -0.1) is 0 Å². The van der Waals surface area contributed by atoms with E-state index in [2.05, 4.69) is 0 Å². The van der Waals surface area contributed by atoms with E-state index in [4.69, 9.17) is 14.2 Å². The van der Waals surface area contributed by atoms with Crippen molar-refractivity contribution in [3.05, 3.63) is 0 Å². The summed E-state index contributed by atoms with van der Waals surface area (Å²) in [6, 6.07) is 0. The van der Waals surface area contributed by atoms with Gasteiger partial charge in [-0.25, -0.2) is 4.79 Å². The number of rotatable bonds is 2. The summed E-state index contributed by atoms with van der Waals surface area (Å²) in [5.41, 5.74) is -0.452. The Kier molecular flexibility index (Phi) is 4.56. The molecule has 1 aliphatic heterocycles. The van der Waals surface area contributed by atoms with Crippen LogP contribution in [0.25, 0.3) is 0 Å². The van der Waals surface area contributed by atoms with Crippen LogP contribution in [0.5, 0.6) is 0 Å². The molecule has 1 heterocycles. The SMILES string of the molecule is COC[C@H]1CN(C(=O)OC(C)(C)C)CCO1. The van der Waals surface area contributed by atoms with Gasteiger partial charge >= 0.3 is 6.09 Å². The lowest BCUT2D eigenvalue weighted by molar-refractivity contribution is -0.0658. The van der Waals surface area contributed by atoms with Gasteiger partial charge in [0.1, 0.15) is 5.60 Å². The molecule has 0 radical (unpaired) electrons. The van der Waals surface area contributed by atoms with Gasteiger partial charge in [0.25, 0.3) is 0 Å². The number of methoxy groups -OCH3 is 1. The van der Waals surface area contributed by atoms with Crippen molar-refractivity contribution in [1.82, 2.24) is 4.90 Å². The molecule has 1 fully saturated rings. The van der Waals surface area contributed by atoms with Crippen molar-refractivity contribution < 1.29 is 19.0 Å². The standard InChI is InChI=1S/C11H21NO4/c1-11(2,3)16-10(13)12-5-6-15-9(7-12)8-14-4/h9H,5-8H2,1-4H3/t9-/m1/s1. The number of carbonyl (C=O) groups is 1. The van der Waals surface area contributed by atoms with E-state index >= 15 is 0 Å². The average molecular weight is 231 g/mol. The van der Waals surface area contributed by atoms with E-state index < -0.39 is 5.60 Å². The molecule has 1 aliphatic rings. The number of hydrogen-bond acceptors (Lipinski definition) is 4. The van der Waals surface area contributed by atoms with Crippen molar-refractivity contribution in [2.24, 2.45) is 0 Å². The molecule has 0 aromatic rings. The molecule has 0 aromatic carbocycles. The van der Waals surface area contributed by atoms with Crippen molar-refractivity contribution in [1.29, 1.82) is 0 Å². The Morgan fingerprint density at radius 1 is 1.50 bits per heavy atom. The summed E-state index contributed by atoms with van der Waals surface area (Å²) in [5, 5.41) is 0. The molecule has 5 nitrogen and oxygen atoms in total. The molecule has 0 unspecified atom stereocenters. The van der Waals surface area contributed by atoms with E-state index in [1.54, 1.807) is 12.0 Å². The largest absolute Gasteiger partial charge is 0.444 e. The van der Waals surface area contributed by atoms with Gasteiger partial charge in [-0.2, -0.15) is 0 Å². The first-order valence-corrected chi connectivity index (χ1v) is 5.51. The summed E-state index contributed by atoms with van der Waals surface area (Å²) in [6.45, 7) is 7.72. The molecule has 1 rings (SSSR count). The second kappa shape index (κ2) is 5.50. The first-order chi connectivity index (χ1) is 7.42. The quantitative estimate of drug-likeness (QED) is 0.718. The normalized spacial score (nSPS) is 22.0. The molecule has 5 heteroatoms. The van der Waals surface area contributed by atoms with Crippen LogP contribution < -0.4 is 0 Å². The zero-order valence-corrected chi connectivity index (χ0v) is 10.5. The number of carbonyl (C=O) groups excluding carboxylic acids is 1. The fourth-order valence-electron chi connectivity index (χ4n) is 1.50. The lowest BCUT2D eigenvalue weighted by Gasteiger charge is -2.33. The molecular formula is C11H21NO4. The van der Waals surface area contributed by atoms with Gasteiger partial charge in [-0.05, 0) is 20.8 Å². The smallest absolute Gasteiger partial charge is 0.410 e. The van der Waals surface area contributed by atoms with Crippen LogP contribution in [-0.4, -0.2) is 56.1 Å². The number of nitrogens with zero attached hydrogens (tertiary/aromatic N) is 1. The molecule has 0 aliphatic carbocycles. The van der Waals surface area contributed by atoms with Crippen LogP contribution in [0.4, 0.5) is 4.79 Å². The number of hydrogen-bond donors (Lipinski definition) is 0. The molecule has 0 saturated carbocycles. The molecule has 1 saturated heterocycles. The maximum absolute atomic E-state index is 11.8. The van der Waals surface area contributed by atoms with Crippen LogP contribution >= 0.6 is 0 Å². The van der Waals surface area contributed by atoms with E-state index in [0.29, 0.717) is 26.3 Å². The minimum Gasteiger partial charge on any atom is -0.444 e. The van der Waals surface area contributed by atoms with Gasteiger partial charge in [0.2, 0.25) is 0 Å². The molecule has 1 atom stereocenters. The molecule has 0 aromatic heterocycles. The third-order valence-corrected chi connectivity index (χ3v) is 2.14. The monoisotopic (exact) mass is 231 g/mol. The Balaban J connectivity index is 2.44. The molecule has 94 valence electrons. The van der Waals surface area contributed by atoms with Crippen molar-refractivity contribution in [2.75, 3.05) is 33.4 Å². The van der Waals surface area contributed by atoms with Crippen LogP contribution in [0.15, 0.2) is 0 Å². The molecule has 1 amide bonds. The topological polar surface area (TPSA) is 48.0 Å². The maximum Gasteiger partial charge on any atom is 0.410 e. The summed E-state index contributed by atoms with van der Waals surface area (Å²) in [4.78, 5) is 13.4. The van der Waals surface area contributed by atoms with Gasteiger partial charge in [0.05, 0.1) is 25.9 Å². The Hall–Kier alpha value is -0.810. The third kappa shape index (κ3) is 4.37. The summed E-state index contributed by atoms with van der Waals surface area (Å²) in [6.07, 6.45) is -0.330. The van der Waals surface area contributed by atoms with E-state index in [9.17, 15) is 4.79 Å². The Morgan fingerprint density at radius 2 is 2.19 bits per heavy atom. The van der Waals surface area contributed by atoms with Crippen LogP contribution in [0, 0.1) is 0 Å². The minimum atomic E-state index is -0.452. The van der Waals surface area contributed by atoms with E-state index in [-0.39, 0.29) is 12.2 Å². The summed E-state index contributed by atoms with van der Waals surface area (Å²) < 4.78 is 15.8. The second-order valence-corrected chi connectivity index (χ2v) is 4.87. The minimum absolute atomic E-state index is 0.0498. The van der Waals surface area contributed by atoms with Crippen molar-refractivity contribution in [3.8, 4) is 0 Å². The summed E-state index contributed by atoms with van der Waals surface area (Å²) in [5.74, 6) is 0. The highest BCUT2D eigenvalue weighted by molar-refractivity contribution is 5.68. The molecular weight excluding hydrogens is 210 g/mol. The Morgan fingerprint density at radius 3 is 2.75 bits per heavy atom. The molecule has 0 N–H and O–H groups in total.